The average molecular weight is 875 g/mol. The maximum Gasteiger partial charge on any atom is 0.316 e. The van der Waals surface area contributed by atoms with Crippen LogP contribution in [0.3, 0.4) is 0 Å². The molecule has 0 aromatic heterocycles. The molecule has 6 aliphatic heterocycles. The molecule has 3 N–H and O–H groups in total. The van der Waals surface area contributed by atoms with Crippen molar-refractivity contribution >= 4 is 5.97 Å². The van der Waals surface area contributed by atoms with Crippen molar-refractivity contribution in [1.82, 2.24) is 0 Å². The van der Waals surface area contributed by atoms with E-state index in [9.17, 15) is 20.1 Å². The van der Waals surface area contributed by atoms with Gasteiger partial charge in [0.2, 0.25) is 0 Å². The normalized spacial score (nSPS) is 49.4. The van der Waals surface area contributed by atoms with E-state index in [1.165, 1.54) is 0 Å². The maximum absolute atomic E-state index is 14.4. The first kappa shape index (κ1) is 47.9. The number of aliphatic hydroxyl groups is 3. The lowest BCUT2D eigenvalue weighted by atomic mass is 9.71. The highest BCUT2D eigenvalue weighted by Gasteiger charge is 2.60. The molecule has 14 heteroatoms. The number of hydrogen-bond donors (Lipinski definition) is 3. The summed E-state index contributed by atoms with van der Waals surface area (Å²) >= 11 is 0. The quantitative estimate of drug-likeness (QED) is 0.204. The van der Waals surface area contributed by atoms with Crippen molar-refractivity contribution in [2.24, 2.45) is 23.7 Å². The monoisotopic (exact) mass is 875 g/mol. The Labute approximate surface area is 368 Å². The van der Waals surface area contributed by atoms with Gasteiger partial charge in [0, 0.05) is 52.2 Å². The van der Waals surface area contributed by atoms with E-state index >= 15 is 0 Å². The first-order valence-corrected chi connectivity index (χ1v) is 23.2. The molecule has 0 radical (unpaired) electrons. The summed E-state index contributed by atoms with van der Waals surface area (Å²) in [6.07, 6.45) is 6.53. The molecule has 0 saturated carbocycles. The fourth-order valence-electron chi connectivity index (χ4n) is 11.0. The molecule has 20 atom stereocenters. The van der Waals surface area contributed by atoms with Crippen molar-refractivity contribution in [1.29, 1.82) is 0 Å². The van der Waals surface area contributed by atoms with Crippen molar-refractivity contribution < 1.29 is 67.5 Å². The van der Waals surface area contributed by atoms with Crippen LogP contribution in [0.1, 0.15) is 107 Å². The van der Waals surface area contributed by atoms with E-state index in [0.29, 0.717) is 61.5 Å². The standard InChI is InChI=1S/C48H74O14/c1-11-25(2)43-28(5)17-18-47(62-43)23-34-20-33(61-47)16-15-27(4)42(26(3)13-12-14-32-24-55-45-40(49)29(6)19-35(46(51)58-34)48(32,45)52)59-39-22-37(54-10)44(31(8)57-39)60-38-21-36(53-9)41(50)30(7)56-38/h12-15,19,25-26,28,30-31,33-45,49-50,52H,11,16-18,20-24H2,1-10H3/b13-12+,27-15+,32-14+/t25-,26+,28+,30+,31+,33-,34+,35?,36+,37+,38+,39+,40-,41+,42+,43-,44+,45-,47-,48-/m1/s1. The van der Waals surface area contributed by atoms with Crippen LogP contribution in [0.2, 0.25) is 0 Å². The van der Waals surface area contributed by atoms with Gasteiger partial charge >= 0.3 is 5.97 Å². The molecule has 0 aromatic rings. The van der Waals surface area contributed by atoms with Crippen LogP contribution < -0.4 is 0 Å². The van der Waals surface area contributed by atoms with Crippen LogP contribution in [0.15, 0.2) is 47.1 Å². The van der Waals surface area contributed by atoms with Crippen LogP contribution in [-0.4, -0.2) is 139 Å². The van der Waals surface area contributed by atoms with Crippen LogP contribution in [0.5, 0.6) is 0 Å². The fourth-order valence-corrected chi connectivity index (χ4v) is 11.0. The molecule has 5 fully saturated rings. The Bertz CT molecular complexity index is 1680. The van der Waals surface area contributed by atoms with Crippen molar-refractivity contribution in [3.8, 4) is 0 Å². The third-order valence-corrected chi connectivity index (χ3v) is 14.9. The lowest BCUT2D eigenvalue weighted by molar-refractivity contribution is -0.340. The highest BCUT2D eigenvalue weighted by Crippen LogP contribution is 2.48. The second-order valence-corrected chi connectivity index (χ2v) is 19.4. The van der Waals surface area contributed by atoms with Gasteiger partial charge in [-0.15, -0.1) is 0 Å². The second-order valence-electron chi connectivity index (χ2n) is 19.4. The lowest BCUT2D eigenvalue weighted by Gasteiger charge is -2.51. The Balaban J connectivity index is 1.18. The summed E-state index contributed by atoms with van der Waals surface area (Å²) in [7, 11) is 3.23. The topological polar surface area (TPSA) is 170 Å². The van der Waals surface area contributed by atoms with Crippen molar-refractivity contribution in [3.63, 3.8) is 0 Å². The lowest BCUT2D eigenvalue weighted by Crippen LogP contribution is -2.58. The number of methoxy groups -OCH3 is 2. The zero-order valence-electron chi connectivity index (χ0n) is 38.5. The molecule has 14 nitrogen and oxygen atoms in total. The van der Waals surface area contributed by atoms with Crippen molar-refractivity contribution in [2.45, 2.75) is 204 Å². The highest BCUT2D eigenvalue weighted by atomic mass is 16.7. The van der Waals surface area contributed by atoms with E-state index < -0.39 is 90.8 Å². The smallest absolute Gasteiger partial charge is 0.316 e. The van der Waals surface area contributed by atoms with Gasteiger partial charge in [-0.1, -0.05) is 64.5 Å². The van der Waals surface area contributed by atoms with Gasteiger partial charge in [0.05, 0.1) is 49.3 Å². The van der Waals surface area contributed by atoms with Gasteiger partial charge in [-0.2, -0.15) is 0 Å². The van der Waals surface area contributed by atoms with Gasteiger partial charge in [-0.05, 0) is 69.1 Å². The number of allylic oxidation sites excluding steroid dienone is 2. The molecule has 62 heavy (non-hydrogen) atoms. The molecule has 1 aliphatic carbocycles. The zero-order chi connectivity index (χ0) is 44.7. The minimum absolute atomic E-state index is 0.00708. The van der Waals surface area contributed by atoms with E-state index in [0.717, 1.165) is 18.4 Å². The van der Waals surface area contributed by atoms with Crippen molar-refractivity contribution in [2.75, 3.05) is 20.8 Å². The molecular formula is C48H74O14. The Hall–Kier alpha value is -2.05. The van der Waals surface area contributed by atoms with E-state index in [2.05, 4.69) is 40.7 Å². The van der Waals surface area contributed by atoms with E-state index in [1.54, 1.807) is 40.2 Å². The molecule has 2 bridgehead atoms. The van der Waals surface area contributed by atoms with Gasteiger partial charge in [0.15, 0.2) is 18.4 Å². The summed E-state index contributed by atoms with van der Waals surface area (Å²) in [5, 5.41) is 34.2. The Morgan fingerprint density at radius 3 is 2.35 bits per heavy atom. The SMILES string of the molecule is CC[C@@H](C)[C@H]1O[C@]2(CC[C@@H]1C)C[C@@H]1C[C@@H](C/C=C(\C)[C@@H](O[C@H]3C[C@H](OC)[C@@H](O[C@H]4C[C@H](OC)[C@@H](O)[C@H](C)O4)[C@H](C)O3)[C@@H](C)/C=C/C=C3\CO[C@@H]4[C@H](O)C(C)=CC(C(=O)O1)[C@]34O)O2. The second kappa shape index (κ2) is 19.8. The van der Waals surface area contributed by atoms with Gasteiger partial charge in [-0.3, -0.25) is 4.79 Å². The van der Waals surface area contributed by atoms with Gasteiger partial charge in [0.1, 0.15) is 42.0 Å². The van der Waals surface area contributed by atoms with Crippen LogP contribution in [0.25, 0.3) is 0 Å². The average Bonchev–Trinajstić information content (AvgIpc) is 3.58. The molecule has 0 amide bonds. The third kappa shape index (κ3) is 9.73. The number of carbonyl (C=O) groups excluding carboxylic acids is 1. The highest BCUT2D eigenvalue weighted by molar-refractivity contribution is 5.78. The minimum Gasteiger partial charge on any atom is -0.462 e. The molecule has 7 rings (SSSR count). The molecular weight excluding hydrogens is 801 g/mol. The molecule has 0 aromatic carbocycles. The zero-order valence-corrected chi connectivity index (χ0v) is 38.5. The third-order valence-electron chi connectivity index (χ3n) is 14.9. The van der Waals surface area contributed by atoms with E-state index in [4.69, 9.17) is 47.4 Å². The number of ether oxygens (including phenoxy) is 10. The number of carbonyl (C=O) groups is 1. The predicted molar refractivity (Wildman–Crippen MR) is 227 cm³/mol. The van der Waals surface area contributed by atoms with Crippen LogP contribution in [-0.2, 0) is 52.2 Å². The van der Waals surface area contributed by atoms with Gasteiger partial charge in [-0.25, -0.2) is 0 Å². The maximum atomic E-state index is 14.4. The number of esters is 1. The summed E-state index contributed by atoms with van der Waals surface area (Å²) in [6.45, 7) is 16.3. The minimum atomic E-state index is -1.82. The predicted octanol–water partition coefficient (Wildman–Crippen LogP) is 5.60. The number of hydrogen-bond acceptors (Lipinski definition) is 14. The number of fused-ring (bicyclic) bond motifs is 2. The van der Waals surface area contributed by atoms with Crippen molar-refractivity contribution in [3.05, 3.63) is 47.1 Å². The van der Waals surface area contributed by atoms with E-state index in [-0.39, 0.29) is 30.8 Å². The Morgan fingerprint density at radius 2 is 1.63 bits per heavy atom. The first-order valence-electron chi connectivity index (χ1n) is 23.2. The Kier molecular flexibility index (Phi) is 15.3. The van der Waals surface area contributed by atoms with E-state index in [1.807, 2.05) is 19.1 Å². The summed E-state index contributed by atoms with van der Waals surface area (Å²) in [6, 6.07) is 0. The van der Waals surface area contributed by atoms with Gasteiger partial charge < -0.3 is 62.7 Å². The summed E-state index contributed by atoms with van der Waals surface area (Å²) in [4.78, 5) is 14.4. The molecule has 7 aliphatic rings. The van der Waals surface area contributed by atoms with Crippen LogP contribution in [0, 0.1) is 23.7 Å². The summed E-state index contributed by atoms with van der Waals surface area (Å²) in [5.41, 5.74) is 0.188. The first-order chi connectivity index (χ1) is 29.5. The number of rotatable bonds is 8. The largest absolute Gasteiger partial charge is 0.462 e. The molecule has 1 unspecified atom stereocenters. The van der Waals surface area contributed by atoms with Crippen LogP contribution >= 0.6 is 0 Å². The summed E-state index contributed by atoms with van der Waals surface area (Å²) in [5.74, 6) is -2.10. The molecule has 1 spiro atoms. The molecule has 350 valence electrons. The van der Waals surface area contributed by atoms with Gasteiger partial charge in [0.25, 0.3) is 0 Å². The summed E-state index contributed by atoms with van der Waals surface area (Å²) < 4.78 is 63.9. The Morgan fingerprint density at radius 1 is 0.919 bits per heavy atom. The number of aliphatic hydroxyl groups excluding tert-OH is 2. The fraction of sp³-hybridized carbons (Fsp3) is 0.812. The molecule has 6 heterocycles. The molecule has 5 saturated heterocycles. The van der Waals surface area contributed by atoms with Crippen LogP contribution in [0.4, 0.5) is 0 Å².